The SMILES string of the molecule is COc1cccc(C(C)C(C)C(CN)CN)c1. The van der Waals surface area contributed by atoms with Crippen LogP contribution in [-0.2, 0) is 0 Å². The van der Waals surface area contributed by atoms with E-state index < -0.39 is 0 Å². The van der Waals surface area contributed by atoms with Gasteiger partial charge < -0.3 is 16.2 Å². The molecule has 0 bridgehead atoms. The molecule has 0 radical (unpaired) electrons. The highest BCUT2D eigenvalue weighted by molar-refractivity contribution is 5.30. The molecule has 0 saturated heterocycles. The van der Waals surface area contributed by atoms with Gasteiger partial charge in [0.1, 0.15) is 5.75 Å². The van der Waals surface area contributed by atoms with Gasteiger partial charge in [0.05, 0.1) is 7.11 Å². The zero-order chi connectivity index (χ0) is 12.8. The number of benzene rings is 1. The van der Waals surface area contributed by atoms with Crippen molar-refractivity contribution in [3.63, 3.8) is 0 Å². The van der Waals surface area contributed by atoms with Crippen molar-refractivity contribution in [1.29, 1.82) is 0 Å². The molecule has 1 aromatic carbocycles. The van der Waals surface area contributed by atoms with Crippen LogP contribution in [0.1, 0.15) is 25.3 Å². The third kappa shape index (κ3) is 3.45. The molecule has 3 nitrogen and oxygen atoms in total. The van der Waals surface area contributed by atoms with Gasteiger partial charge in [-0.05, 0) is 48.5 Å². The highest BCUT2D eigenvalue weighted by Gasteiger charge is 2.22. The average molecular weight is 236 g/mol. The highest BCUT2D eigenvalue weighted by Crippen LogP contribution is 2.30. The normalized spacial score (nSPS) is 14.7. The first kappa shape index (κ1) is 14.0. The van der Waals surface area contributed by atoms with Crippen LogP contribution in [0.15, 0.2) is 24.3 Å². The lowest BCUT2D eigenvalue weighted by atomic mass is 9.80. The van der Waals surface area contributed by atoms with Gasteiger partial charge in [-0.25, -0.2) is 0 Å². The van der Waals surface area contributed by atoms with Gasteiger partial charge in [-0.1, -0.05) is 26.0 Å². The summed E-state index contributed by atoms with van der Waals surface area (Å²) >= 11 is 0. The molecule has 0 saturated carbocycles. The zero-order valence-corrected chi connectivity index (χ0v) is 11.0. The van der Waals surface area contributed by atoms with Crippen LogP contribution in [0.2, 0.25) is 0 Å². The third-order valence-corrected chi connectivity index (χ3v) is 3.76. The van der Waals surface area contributed by atoms with Crippen molar-refractivity contribution in [2.24, 2.45) is 23.3 Å². The smallest absolute Gasteiger partial charge is 0.119 e. The Hall–Kier alpha value is -1.06. The molecule has 0 fully saturated rings. The minimum Gasteiger partial charge on any atom is -0.497 e. The molecule has 0 aromatic heterocycles. The Bertz CT molecular complexity index is 337. The number of methoxy groups -OCH3 is 1. The van der Waals surface area contributed by atoms with Crippen molar-refractivity contribution in [2.75, 3.05) is 20.2 Å². The predicted molar refractivity (Wildman–Crippen MR) is 72.2 cm³/mol. The second-order valence-electron chi connectivity index (χ2n) is 4.66. The van der Waals surface area contributed by atoms with E-state index in [0.29, 0.717) is 30.8 Å². The van der Waals surface area contributed by atoms with E-state index in [1.807, 2.05) is 12.1 Å². The summed E-state index contributed by atoms with van der Waals surface area (Å²) < 4.78 is 5.25. The lowest BCUT2D eigenvalue weighted by Gasteiger charge is -2.27. The fraction of sp³-hybridized carbons (Fsp3) is 0.571. The molecule has 2 atom stereocenters. The quantitative estimate of drug-likeness (QED) is 0.794. The summed E-state index contributed by atoms with van der Waals surface area (Å²) in [4.78, 5) is 0. The molecule has 0 aliphatic heterocycles. The Kier molecular flexibility index (Phi) is 5.45. The van der Waals surface area contributed by atoms with Crippen molar-refractivity contribution in [3.8, 4) is 5.75 Å². The highest BCUT2D eigenvalue weighted by atomic mass is 16.5. The van der Waals surface area contributed by atoms with Crippen molar-refractivity contribution < 1.29 is 4.74 Å². The Balaban J connectivity index is 2.83. The Morgan fingerprint density at radius 3 is 2.35 bits per heavy atom. The van der Waals surface area contributed by atoms with E-state index in [1.54, 1.807) is 7.11 Å². The van der Waals surface area contributed by atoms with Gasteiger partial charge in [-0.3, -0.25) is 0 Å². The van der Waals surface area contributed by atoms with Gasteiger partial charge in [-0.2, -0.15) is 0 Å². The zero-order valence-electron chi connectivity index (χ0n) is 11.0. The fourth-order valence-electron chi connectivity index (χ4n) is 2.16. The Morgan fingerprint density at radius 2 is 1.82 bits per heavy atom. The van der Waals surface area contributed by atoms with E-state index in [4.69, 9.17) is 16.2 Å². The number of ether oxygens (including phenoxy) is 1. The minimum absolute atomic E-state index is 0.371. The van der Waals surface area contributed by atoms with Gasteiger partial charge in [0.25, 0.3) is 0 Å². The van der Waals surface area contributed by atoms with Crippen LogP contribution in [0.4, 0.5) is 0 Å². The van der Waals surface area contributed by atoms with Gasteiger partial charge in [0.2, 0.25) is 0 Å². The lowest BCUT2D eigenvalue weighted by Crippen LogP contribution is -2.31. The summed E-state index contributed by atoms with van der Waals surface area (Å²) in [5.41, 5.74) is 12.8. The Morgan fingerprint density at radius 1 is 1.18 bits per heavy atom. The third-order valence-electron chi connectivity index (χ3n) is 3.76. The first-order chi connectivity index (χ1) is 8.13. The van der Waals surface area contributed by atoms with Gasteiger partial charge in [0.15, 0.2) is 0 Å². The summed E-state index contributed by atoms with van der Waals surface area (Å²) in [6, 6.07) is 8.21. The van der Waals surface area contributed by atoms with Gasteiger partial charge in [-0.15, -0.1) is 0 Å². The average Bonchev–Trinajstić information content (AvgIpc) is 2.39. The summed E-state index contributed by atoms with van der Waals surface area (Å²) in [6.07, 6.45) is 0. The second kappa shape index (κ2) is 6.62. The van der Waals surface area contributed by atoms with E-state index in [9.17, 15) is 0 Å². The molecule has 3 heteroatoms. The molecule has 96 valence electrons. The molecule has 1 rings (SSSR count). The molecule has 0 aliphatic rings. The molecule has 2 unspecified atom stereocenters. The second-order valence-corrected chi connectivity index (χ2v) is 4.66. The Labute approximate surface area is 104 Å². The molecule has 0 aliphatic carbocycles. The maximum Gasteiger partial charge on any atom is 0.119 e. The lowest BCUT2D eigenvalue weighted by molar-refractivity contribution is 0.327. The summed E-state index contributed by atoms with van der Waals surface area (Å²) in [5, 5.41) is 0. The summed E-state index contributed by atoms with van der Waals surface area (Å²) in [7, 11) is 1.69. The monoisotopic (exact) mass is 236 g/mol. The van der Waals surface area contributed by atoms with Crippen LogP contribution in [-0.4, -0.2) is 20.2 Å². The summed E-state index contributed by atoms with van der Waals surface area (Å²) in [6.45, 7) is 5.73. The van der Waals surface area contributed by atoms with Crippen LogP contribution in [0.5, 0.6) is 5.75 Å². The van der Waals surface area contributed by atoms with E-state index in [-0.39, 0.29) is 0 Å². The number of rotatable bonds is 6. The van der Waals surface area contributed by atoms with E-state index in [1.165, 1.54) is 5.56 Å². The van der Waals surface area contributed by atoms with Crippen LogP contribution in [0.3, 0.4) is 0 Å². The van der Waals surface area contributed by atoms with Crippen molar-refractivity contribution in [2.45, 2.75) is 19.8 Å². The van der Waals surface area contributed by atoms with Crippen LogP contribution in [0.25, 0.3) is 0 Å². The molecule has 0 spiro atoms. The first-order valence-corrected chi connectivity index (χ1v) is 6.18. The van der Waals surface area contributed by atoms with Gasteiger partial charge in [0, 0.05) is 0 Å². The van der Waals surface area contributed by atoms with E-state index >= 15 is 0 Å². The standard InChI is InChI=1S/C14H24N2O/c1-10(11(2)13(8-15)9-16)12-5-4-6-14(7-12)17-3/h4-7,10-11,13H,8-9,15-16H2,1-3H3. The number of hydrogen-bond acceptors (Lipinski definition) is 3. The molecular weight excluding hydrogens is 212 g/mol. The largest absolute Gasteiger partial charge is 0.497 e. The van der Waals surface area contributed by atoms with Crippen LogP contribution < -0.4 is 16.2 Å². The van der Waals surface area contributed by atoms with Gasteiger partial charge >= 0.3 is 0 Å². The number of hydrogen-bond donors (Lipinski definition) is 2. The number of nitrogens with two attached hydrogens (primary N) is 2. The summed E-state index contributed by atoms with van der Waals surface area (Å²) in [5.74, 6) is 2.18. The van der Waals surface area contributed by atoms with Crippen LogP contribution >= 0.6 is 0 Å². The van der Waals surface area contributed by atoms with Crippen molar-refractivity contribution in [3.05, 3.63) is 29.8 Å². The fourth-order valence-corrected chi connectivity index (χ4v) is 2.16. The van der Waals surface area contributed by atoms with Crippen molar-refractivity contribution >= 4 is 0 Å². The molecule has 4 N–H and O–H groups in total. The molecule has 0 heterocycles. The molecule has 17 heavy (non-hydrogen) atoms. The molecule has 0 amide bonds. The minimum atomic E-state index is 0.371. The predicted octanol–water partition coefficient (Wildman–Crippen LogP) is 1.97. The first-order valence-electron chi connectivity index (χ1n) is 6.18. The topological polar surface area (TPSA) is 61.3 Å². The maximum absolute atomic E-state index is 5.75. The van der Waals surface area contributed by atoms with Crippen LogP contribution in [0, 0.1) is 11.8 Å². The maximum atomic E-state index is 5.75. The van der Waals surface area contributed by atoms with E-state index in [2.05, 4.69) is 26.0 Å². The van der Waals surface area contributed by atoms with Crippen molar-refractivity contribution in [1.82, 2.24) is 0 Å². The molecule has 1 aromatic rings. The molecular formula is C14H24N2O. The van der Waals surface area contributed by atoms with E-state index in [0.717, 1.165) is 5.75 Å².